The molecule has 57 heavy (non-hydrogen) atoms. The Morgan fingerprint density at radius 3 is 1.56 bits per heavy atom. The Labute approximate surface area is 351 Å². The van der Waals surface area contributed by atoms with E-state index in [1.54, 1.807) is 6.08 Å². The lowest BCUT2D eigenvalue weighted by molar-refractivity contribution is -0.870. The van der Waals surface area contributed by atoms with Crippen LogP contribution in [0.5, 0.6) is 0 Å². The summed E-state index contributed by atoms with van der Waals surface area (Å²) in [4.78, 5) is 25.3. The summed E-state index contributed by atoms with van der Waals surface area (Å²) in [5.74, 6) is -0.239. The third kappa shape index (κ3) is 42.1. The highest BCUT2D eigenvalue weighted by Crippen LogP contribution is 2.38. The summed E-state index contributed by atoms with van der Waals surface area (Å²) < 4.78 is 23.2. The fourth-order valence-corrected chi connectivity index (χ4v) is 7.04. The molecule has 0 aromatic rings. The average Bonchev–Trinajstić information content (AvgIpc) is 3.16. The first-order valence-electron chi connectivity index (χ1n) is 23.2. The van der Waals surface area contributed by atoms with E-state index in [0.29, 0.717) is 17.4 Å². The lowest BCUT2D eigenvalue weighted by atomic mass is 10.0. The second-order valence-electron chi connectivity index (χ2n) is 16.7. The summed E-state index contributed by atoms with van der Waals surface area (Å²) >= 11 is 0. The van der Waals surface area contributed by atoms with Crippen molar-refractivity contribution < 1.29 is 32.9 Å². The number of hydrogen-bond donors (Lipinski definition) is 2. The number of carbonyl (C=O) groups is 1. The van der Waals surface area contributed by atoms with Crippen LogP contribution in [0.4, 0.5) is 0 Å². The van der Waals surface area contributed by atoms with Crippen LogP contribution in [-0.4, -0.2) is 68.5 Å². The number of hydrogen-bond acceptors (Lipinski definition) is 6. The topological polar surface area (TPSA) is 108 Å². The number of phosphoric ester groups is 1. The third-order valence-corrected chi connectivity index (χ3v) is 10.9. The maximum Gasteiger partial charge on any atom is 0.268 e. The van der Waals surface area contributed by atoms with Gasteiger partial charge in [-0.15, -0.1) is 0 Å². The molecule has 0 aliphatic rings. The van der Waals surface area contributed by atoms with Crippen LogP contribution >= 0.6 is 7.82 Å². The highest BCUT2D eigenvalue weighted by Gasteiger charge is 2.23. The van der Waals surface area contributed by atoms with Crippen LogP contribution in [0.3, 0.4) is 0 Å². The molecular formula is C48H89N2O6P. The van der Waals surface area contributed by atoms with E-state index in [2.05, 4.69) is 67.8 Å². The van der Waals surface area contributed by atoms with Crippen LogP contribution in [0.1, 0.15) is 187 Å². The zero-order valence-electron chi connectivity index (χ0n) is 37.5. The largest absolute Gasteiger partial charge is 0.756 e. The van der Waals surface area contributed by atoms with Gasteiger partial charge < -0.3 is 28.8 Å². The molecule has 3 atom stereocenters. The molecule has 8 nitrogen and oxygen atoms in total. The Bertz CT molecular complexity index is 1110. The van der Waals surface area contributed by atoms with Gasteiger partial charge in [-0.05, 0) is 57.8 Å². The zero-order valence-corrected chi connectivity index (χ0v) is 38.4. The van der Waals surface area contributed by atoms with Crippen LogP contribution in [0, 0.1) is 0 Å². The molecule has 0 bridgehead atoms. The lowest BCUT2D eigenvalue weighted by Crippen LogP contribution is -2.45. The van der Waals surface area contributed by atoms with Crippen molar-refractivity contribution in [2.45, 2.75) is 199 Å². The predicted octanol–water partition coefficient (Wildman–Crippen LogP) is 12.4. The first-order valence-corrected chi connectivity index (χ1v) is 24.6. The molecule has 9 heteroatoms. The standard InChI is InChI=1S/C48H89N2O6P/c1-6-8-10-12-14-16-18-20-22-23-24-25-26-28-29-31-33-35-37-39-41-47(51)46(45-56-57(53,54)55-44-43-50(3,4)5)49-48(52)42-40-38-36-34-32-30-27-21-19-17-15-13-11-9-7-2/h9,11,15,17,21,27,32,34,39,41,46-47,51H,6-8,10,12-14,16,18-20,22-26,28-31,33,35-38,40,42-45H2,1-5H3,(H-,49,52,53,54)/b11-9-,17-15-,27-21-,34-32-,41-39+. The Morgan fingerprint density at radius 2 is 1.07 bits per heavy atom. The van der Waals surface area contributed by atoms with Crippen LogP contribution in [0.2, 0.25) is 0 Å². The Balaban J connectivity index is 4.45. The van der Waals surface area contributed by atoms with Crippen molar-refractivity contribution in [3.05, 3.63) is 60.8 Å². The first kappa shape index (κ1) is 55.2. The molecule has 0 aromatic heterocycles. The third-order valence-electron chi connectivity index (χ3n) is 9.98. The first-order chi connectivity index (χ1) is 27.5. The Morgan fingerprint density at radius 1 is 0.632 bits per heavy atom. The summed E-state index contributed by atoms with van der Waals surface area (Å²) in [7, 11) is 1.23. The van der Waals surface area contributed by atoms with Gasteiger partial charge in [0.05, 0.1) is 39.9 Å². The molecule has 0 aromatic carbocycles. The molecule has 0 aliphatic carbocycles. The van der Waals surface area contributed by atoms with E-state index in [1.165, 1.54) is 103 Å². The van der Waals surface area contributed by atoms with Gasteiger partial charge in [0.2, 0.25) is 5.91 Å². The predicted molar refractivity (Wildman–Crippen MR) is 242 cm³/mol. The smallest absolute Gasteiger partial charge is 0.268 e. The number of amides is 1. The van der Waals surface area contributed by atoms with Crippen molar-refractivity contribution in [2.24, 2.45) is 0 Å². The molecule has 0 saturated carbocycles. The summed E-state index contributed by atoms with van der Waals surface area (Å²) in [6.07, 6.45) is 51.3. The maximum absolute atomic E-state index is 12.8. The minimum atomic E-state index is -4.60. The van der Waals surface area contributed by atoms with Crippen LogP contribution in [0.25, 0.3) is 0 Å². The second kappa shape index (κ2) is 39.6. The normalized spacial score (nSPS) is 14.9. The molecular weight excluding hydrogens is 732 g/mol. The number of nitrogens with one attached hydrogen (secondary N) is 1. The van der Waals surface area contributed by atoms with E-state index >= 15 is 0 Å². The molecule has 0 spiro atoms. The van der Waals surface area contributed by atoms with Crippen molar-refractivity contribution in [3.63, 3.8) is 0 Å². The van der Waals surface area contributed by atoms with Crippen molar-refractivity contribution in [1.29, 1.82) is 0 Å². The summed E-state index contributed by atoms with van der Waals surface area (Å²) in [5.41, 5.74) is 0. The van der Waals surface area contributed by atoms with Crippen LogP contribution < -0.4 is 10.2 Å². The molecule has 0 heterocycles. The van der Waals surface area contributed by atoms with Crippen LogP contribution in [-0.2, 0) is 18.4 Å². The van der Waals surface area contributed by atoms with Crippen LogP contribution in [0.15, 0.2) is 60.8 Å². The fraction of sp³-hybridized carbons (Fsp3) is 0.771. The number of likely N-dealkylation sites (N-methyl/N-ethyl adjacent to an activating group) is 1. The maximum atomic E-state index is 12.8. The molecule has 0 fully saturated rings. The van der Waals surface area contributed by atoms with Gasteiger partial charge in [0.1, 0.15) is 13.2 Å². The Kier molecular flexibility index (Phi) is 38.4. The molecule has 2 N–H and O–H groups in total. The van der Waals surface area contributed by atoms with Crippen molar-refractivity contribution in [3.8, 4) is 0 Å². The number of unbranched alkanes of at least 4 members (excludes halogenated alkanes) is 20. The number of allylic oxidation sites excluding steroid dienone is 9. The van der Waals surface area contributed by atoms with E-state index in [4.69, 9.17) is 9.05 Å². The van der Waals surface area contributed by atoms with Gasteiger partial charge in [-0.25, -0.2) is 0 Å². The minimum Gasteiger partial charge on any atom is -0.756 e. The second-order valence-corrected chi connectivity index (χ2v) is 18.1. The van der Waals surface area contributed by atoms with Gasteiger partial charge in [-0.3, -0.25) is 9.36 Å². The quantitative estimate of drug-likeness (QED) is 0.0275. The van der Waals surface area contributed by atoms with E-state index in [1.807, 2.05) is 27.2 Å². The van der Waals surface area contributed by atoms with Gasteiger partial charge in [0, 0.05) is 6.42 Å². The highest BCUT2D eigenvalue weighted by atomic mass is 31.2. The molecule has 0 radical (unpaired) electrons. The van der Waals surface area contributed by atoms with Gasteiger partial charge in [0.15, 0.2) is 0 Å². The van der Waals surface area contributed by atoms with E-state index < -0.39 is 26.6 Å². The molecule has 1 amide bonds. The van der Waals surface area contributed by atoms with Crippen molar-refractivity contribution in [1.82, 2.24) is 5.32 Å². The number of quaternary nitrogens is 1. The molecule has 0 rings (SSSR count). The van der Waals surface area contributed by atoms with E-state index in [-0.39, 0.29) is 18.9 Å². The van der Waals surface area contributed by atoms with E-state index in [9.17, 15) is 19.4 Å². The van der Waals surface area contributed by atoms with Crippen molar-refractivity contribution >= 4 is 13.7 Å². The Hall–Kier alpha value is -1.80. The number of aliphatic hydroxyl groups excluding tert-OH is 1. The summed E-state index contributed by atoms with van der Waals surface area (Å²) in [6, 6.07) is -0.910. The number of carbonyl (C=O) groups excluding carboxylic acids is 1. The average molecular weight is 821 g/mol. The summed E-state index contributed by atoms with van der Waals surface area (Å²) in [5, 5.41) is 13.8. The van der Waals surface area contributed by atoms with Gasteiger partial charge in [0.25, 0.3) is 7.82 Å². The molecule has 3 unspecified atom stereocenters. The SMILES string of the molecule is CC/C=C\C/C=C\C/C=C\C/C=C\CCCCC(=O)NC(COP(=O)([O-])OCC[N+](C)(C)C)C(O)/C=C/CCCCCCCCCCCCCCCCCCCC. The molecule has 332 valence electrons. The fourth-order valence-electron chi connectivity index (χ4n) is 6.32. The number of rotatable bonds is 41. The van der Waals surface area contributed by atoms with Crippen molar-refractivity contribution in [2.75, 3.05) is 40.9 Å². The van der Waals surface area contributed by atoms with Gasteiger partial charge >= 0.3 is 0 Å². The molecule has 0 aliphatic heterocycles. The number of phosphoric acid groups is 1. The van der Waals surface area contributed by atoms with Gasteiger partial charge in [-0.2, -0.15) is 0 Å². The zero-order chi connectivity index (χ0) is 42.1. The number of aliphatic hydroxyl groups is 1. The van der Waals surface area contributed by atoms with E-state index in [0.717, 1.165) is 57.8 Å². The molecule has 0 saturated heterocycles. The highest BCUT2D eigenvalue weighted by molar-refractivity contribution is 7.45. The summed E-state index contributed by atoms with van der Waals surface area (Å²) in [6.45, 7) is 4.49. The minimum absolute atomic E-state index is 0.0115. The number of nitrogens with zero attached hydrogens (tertiary/aromatic N) is 1. The monoisotopic (exact) mass is 821 g/mol. The van der Waals surface area contributed by atoms with Gasteiger partial charge in [-0.1, -0.05) is 184 Å². The lowest BCUT2D eigenvalue weighted by Gasteiger charge is -2.29.